The Kier molecular flexibility index (Phi) is 5.70. The second-order valence-electron chi connectivity index (χ2n) is 6.84. The molecule has 28 heavy (non-hydrogen) atoms. The van der Waals surface area contributed by atoms with E-state index >= 15 is 0 Å². The van der Waals surface area contributed by atoms with Crippen LogP contribution in [0.5, 0.6) is 0 Å². The van der Waals surface area contributed by atoms with Gasteiger partial charge in [-0.05, 0) is 37.5 Å². The Morgan fingerprint density at radius 2 is 2.07 bits per heavy atom. The third-order valence-corrected chi connectivity index (χ3v) is 4.50. The van der Waals surface area contributed by atoms with Gasteiger partial charge in [0, 0.05) is 43.3 Å². The van der Waals surface area contributed by atoms with E-state index in [1.165, 1.54) is 6.20 Å². The largest absolute Gasteiger partial charge is 0.403 e. The number of hydrogen-bond donors (Lipinski definition) is 4. The number of aryl methyl sites for hydroxylation is 1. The van der Waals surface area contributed by atoms with E-state index in [-0.39, 0.29) is 12.5 Å². The smallest absolute Gasteiger partial charge is 0.251 e. The van der Waals surface area contributed by atoms with Crippen LogP contribution >= 0.6 is 0 Å². The Bertz CT molecular complexity index is 917. The van der Waals surface area contributed by atoms with E-state index in [1.807, 2.05) is 19.1 Å². The molecule has 0 spiro atoms. The molecule has 0 unspecified atom stereocenters. The fourth-order valence-electron chi connectivity index (χ4n) is 2.63. The summed E-state index contributed by atoms with van der Waals surface area (Å²) in [4.78, 5) is 24.9. The van der Waals surface area contributed by atoms with Gasteiger partial charge in [0.2, 0.25) is 5.95 Å². The van der Waals surface area contributed by atoms with Crippen LogP contribution in [0.3, 0.4) is 0 Å². The highest BCUT2D eigenvalue weighted by Gasteiger charge is 2.40. The molecular formula is C20H24N6O2. The van der Waals surface area contributed by atoms with Crippen LogP contribution in [0.15, 0.2) is 47.4 Å². The Hall–Kier alpha value is -3.26. The molecule has 1 aliphatic rings. The van der Waals surface area contributed by atoms with Gasteiger partial charge in [0.15, 0.2) is 0 Å². The van der Waals surface area contributed by atoms with Crippen molar-refractivity contribution in [2.75, 3.05) is 18.9 Å². The molecule has 8 nitrogen and oxygen atoms in total. The Morgan fingerprint density at radius 3 is 2.68 bits per heavy atom. The molecule has 0 radical (unpaired) electrons. The van der Waals surface area contributed by atoms with Gasteiger partial charge in [-0.3, -0.25) is 9.79 Å². The Balaban J connectivity index is 1.75. The molecule has 3 rings (SSSR count). The van der Waals surface area contributed by atoms with Crippen LogP contribution in [0.4, 0.5) is 5.95 Å². The minimum atomic E-state index is -0.712. The molecule has 0 saturated heterocycles. The van der Waals surface area contributed by atoms with Gasteiger partial charge in [0.25, 0.3) is 5.91 Å². The molecule has 0 aliphatic heterocycles. The average molecular weight is 380 g/mol. The van der Waals surface area contributed by atoms with Gasteiger partial charge in [0.1, 0.15) is 0 Å². The van der Waals surface area contributed by atoms with E-state index in [0.717, 1.165) is 29.7 Å². The van der Waals surface area contributed by atoms with Crippen molar-refractivity contribution in [3.8, 4) is 11.3 Å². The zero-order valence-corrected chi connectivity index (χ0v) is 15.9. The molecule has 1 aliphatic carbocycles. The van der Waals surface area contributed by atoms with Crippen LogP contribution in [0.2, 0.25) is 0 Å². The molecule has 0 bridgehead atoms. The third-order valence-electron chi connectivity index (χ3n) is 4.50. The first-order chi connectivity index (χ1) is 13.4. The number of nitrogens with two attached hydrogens (primary N) is 1. The van der Waals surface area contributed by atoms with Crippen molar-refractivity contribution in [2.24, 2.45) is 10.7 Å². The lowest BCUT2D eigenvalue weighted by atomic mass is 10.1. The van der Waals surface area contributed by atoms with Gasteiger partial charge in [-0.25, -0.2) is 9.97 Å². The number of anilines is 1. The second kappa shape index (κ2) is 8.18. The molecule has 0 atom stereocenters. The number of rotatable bonds is 7. The van der Waals surface area contributed by atoms with Crippen molar-refractivity contribution in [1.29, 1.82) is 0 Å². The van der Waals surface area contributed by atoms with Gasteiger partial charge >= 0.3 is 0 Å². The highest BCUT2D eigenvalue weighted by Crippen LogP contribution is 2.34. The molecular weight excluding hydrogens is 356 g/mol. The number of benzene rings is 1. The summed E-state index contributed by atoms with van der Waals surface area (Å²) in [5.41, 5.74) is 8.49. The van der Waals surface area contributed by atoms with Crippen molar-refractivity contribution in [2.45, 2.75) is 25.4 Å². The first kappa shape index (κ1) is 19.5. The number of hydrogen-bond acceptors (Lipinski definition) is 7. The minimum Gasteiger partial charge on any atom is -0.403 e. The summed E-state index contributed by atoms with van der Waals surface area (Å²) in [6.07, 6.45) is 6.16. The Morgan fingerprint density at radius 1 is 1.36 bits per heavy atom. The van der Waals surface area contributed by atoms with Crippen LogP contribution in [0, 0.1) is 6.92 Å². The van der Waals surface area contributed by atoms with Gasteiger partial charge in [-0.15, -0.1) is 0 Å². The van der Waals surface area contributed by atoms with Gasteiger partial charge in [-0.2, -0.15) is 0 Å². The maximum atomic E-state index is 12.2. The number of nitrogens with zero attached hydrogens (tertiary/aromatic N) is 3. The molecule has 8 heteroatoms. The normalized spacial score (nSPS) is 15.5. The number of allylic oxidation sites excluding steroid dienone is 1. The Labute approximate surface area is 163 Å². The molecule has 1 aromatic carbocycles. The zero-order valence-electron chi connectivity index (χ0n) is 15.9. The van der Waals surface area contributed by atoms with Crippen LogP contribution in [-0.2, 0) is 0 Å². The first-order valence-electron chi connectivity index (χ1n) is 9.00. The monoisotopic (exact) mass is 380 g/mol. The average Bonchev–Trinajstić information content (AvgIpc) is 3.45. The van der Waals surface area contributed by atoms with Gasteiger partial charge in [0.05, 0.1) is 17.0 Å². The summed E-state index contributed by atoms with van der Waals surface area (Å²) in [5, 5.41) is 15.6. The van der Waals surface area contributed by atoms with Crippen LogP contribution in [0.1, 0.15) is 28.8 Å². The van der Waals surface area contributed by atoms with E-state index < -0.39 is 5.60 Å². The molecule has 1 amide bonds. The van der Waals surface area contributed by atoms with E-state index in [9.17, 15) is 9.90 Å². The fourth-order valence-corrected chi connectivity index (χ4v) is 2.63. The van der Waals surface area contributed by atoms with E-state index in [2.05, 4.69) is 25.6 Å². The van der Waals surface area contributed by atoms with Crippen LogP contribution in [0.25, 0.3) is 11.3 Å². The molecule has 1 heterocycles. The predicted octanol–water partition coefficient (Wildman–Crippen LogP) is 1.62. The maximum absolute atomic E-state index is 12.2. The summed E-state index contributed by atoms with van der Waals surface area (Å²) in [6.45, 7) is 2.20. The lowest BCUT2D eigenvalue weighted by Crippen LogP contribution is -2.33. The number of aliphatic hydroxyl groups is 1. The zero-order chi connectivity index (χ0) is 20.1. The van der Waals surface area contributed by atoms with Gasteiger partial charge in [-0.1, -0.05) is 12.1 Å². The van der Waals surface area contributed by atoms with Crippen LogP contribution < -0.4 is 16.4 Å². The maximum Gasteiger partial charge on any atom is 0.251 e. The van der Waals surface area contributed by atoms with E-state index in [1.54, 1.807) is 31.6 Å². The number of carbonyl (C=O) groups is 1. The predicted molar refractivity (Wildman–Crippen MR) is 109 cm³/mol. The number of amides is 1. The molecule has 1 saturated carbocycles. The van der Waals surface area contributed by atoms with Crippen molar-refractivity contribution in [3.05, 3.63) is 53.5 Å². The third kappa shape index (κ3) is 4.72. The van der Waals surface area contributed by atoms with Crippen molar-refractivity contribution in [3.63, 3.8) is 0 Å². The van der Waals surface area contributed by atoms with E-state index in [0.29, 0.717) is 17.2 Å². The molecule has 2 aromatic rings. The highest BCUT2D eigenvalue weighted by atomic mass is 16.3. The molecule has 1 fully saturated rings. The molecule has 1 aromatic heterocycles. The van der Waals surface area contributed by atoms with Crippen molar-refractivity contribution < 1.29 is 9.90 Å². The first-order valence-corrected chi connectivity index (χ1v) is 9.00. The standard InChI is InChI=1S/C20H24N6O2/c1-13-10-23-19(25-16(9-21)11-22-2)26-17(13)14-3-5-15(6-4-14)18(27)24-12-20(28)7-8-20/h3-6,9-11,28H,7-8,12,21H2,1-2H3,(H,24,27)(H,23,25,26). The van der Waals surface area contributed by atoms with Crippen LogP contribution in [-0.4, -0.2) is 46.4 Å². The highest BCUT2D eigenvalue weighted by molar-refractivity contribution is 5.94. The van der Waals surface area contributed by atoms with E-state index in [4.69, 9.17) is 5.73 Å². The lowest BCUT2D eigenvalue weighted by molar-refractivity contribution is 0.0896. The SMILES string of the molecule is CN=CC(=CN)Nc1ncc(C)c(-c2ccc(C(=O)NCC3(O)CC3)cc2)n1. The number of aromatic nitrogens is 2. The summed E-state index contributed by atoms with van der Waals surface area (Å²) in [7, 11) is 1.65. The number of nitrogens with one attached hydrogen (secondary N) is 2. The number of carbonyl (C=O) groups excluding carboxylic acids is 1. The fraction of sp³-hybridized carbons (Fsp3) is 0.300. The molecule has 146 valence electrons. The lowest BCUT2D eigenvalue weighted by Gasteiger charge is -2.11. The number of aliphatic imine (C=N–C) groups is 1. The van der Waals surface area contributed by atoms with Crippen molar-refractivity contribution in [1.82, 2.24) is 15.3 Å². The minimum absolute atomic E-state index is 0.204. The van der Waals surface area contributed by atoms with Crippen molar-refractivity contribution >= 4 is 18.1 Å². The summed E-state index contributed by atoms with van der Waals surface area (Å²) >= 11 is 0. The molecule has 5 N–H and O–H groups in total. The van der Waals surface area contributed by atoms with Gasteiger partial charge < -0.3 is 21.5 Å². The second-order valence-corrected chi connectivity index (χ2v) is 6.84. The summed E-state index contributed by atoms with van der Waals surface area (Å²) < 4.78 is 0. The quantitative estimate of drug-likeness (QED) is 0.541. The topological polar surface area (TPSA) is 126 Å². The summed E-state index contributed by atoms with van der Waals surface area (Å²) in [5.74, 6) is 0.196. The summed E-state index contributed by atoms with van der Waals surface area (Å²) in [6, 6.07) is 7.16.